The number of hydrogen-bond acceptors (Lipinski definition) is 5. The van der Waals surface area contributed by atoms with Crippen LogP contribution in [0, 0.1) is 19.7 Å². The minimum Gasteiger partial charge on any atom is -0.353 e. The van der Waals surface area contributed by atoms with E-state index >= 15 is 0 Å². The lowest BCUT2D eigenvalue weighted by molar-refractivity contribution is -0.124. The molecule has 4 amide bonds. The molecule has 2 N–H and O–H groups in total. The fourth-order valence-corrected chi connectivity index (χ4v) is 3.78. The maximum absolute atomic E-state index is 13.0. The van der Waals surface area contributed by atoms with Gasteiger partial charge in [-0.25, -0.2) is 4.39 Å². The van der Waals surface area contributed by atoms with Gasteiger partial charge in [0.2, 0.25) is 5.91 Å². The lowest BCUT2D eigenvalue weighted by Crippen LogP contribution is -2.41. The highest BCUT2D eigenvalue weighted by Crippen LogP contribution is 2.31. The zero-order chi connectivity index (χ0) is 23.3. The zero-order valence-electron chi connectivity index (χ0n) is 17.6. The monoisotopic (exact) mass is 455 g/mol. The minimum atomic E-state index is -0.471. The fourth-order valence-electron chi connectivity index (χ4n) is 2.92. The molecule has 0 bridgehead atoms. The third-order valence-corrected chi connectivity index (χ3v) is 5.78. The van der Waals surface area contributed by atoms with Crippen molar-refractivity contribution in [2.45, 2.75) is 13.8 Å². The molecule has 3 rings (SSSR count). The van der Waals surface area contributed by atoms with E-state index in [4.69, 9.17) is 0 Å². The molecule has 1 aliphatic rings. The van der Waals surface area contributed by atoms with E-state index < -0.39 is 22.9 Å². The SMILES string of the molecule is Cc1ccc(C(=O)NCC(=O)NCCN2C(=O)S/C(=C/c3ccc(F)cc3)C2=O)cc1C. The Morgan fingerprint density at radius 2 is 1.75 bits per heavy atom. The second-order valence-electron chi connectivity index (χ2n) is 7.22. The number of aryl methyl sites for hydroxylation is 2. The van der Waals surface area contributed by atoms with Gasteiger partial charge in [0.1, 0.15) is 5.82 Å². The van der Waals surface area contributed by atoms with E-state index in [0.29, 0.717) is 11.1 Å². The summed E-state index contributed by atoms with van der Waals surface area (Å²) < 4.78 is 13.0. The molecule has 1 heterocycles. The van der Waals surface area contributed by atoms with Crippen LogP contribution in [-0.4, -0.2) is 47.5 Å². The lowest BCUT2D eigenvalue weighted by Gasteiger charge is -2.13. The Bertz CT molecular complexity index is 1100. The van der Waals surface area contributed by atoms with Crippen LogP contribution in [0.25, 0.3) is 6.08 Å². The van der Waals surface area contributed by atoms with Crippen molar-refractivity contribution >= 4 is 40.8 Å². The molecule has 166 valence electrons. The number of thioether (sulfide) groups is 1. The van der Waals surface area contributed by atoms with Crippen LogP contribution in [0.1, 0.15) is 27.0 Å². The molecule has 2 aromatic carbocycles. The van der Waals surface area contributed by atoms with Crippen molar-refractivity contribution in [1.82, 2.24) is 15.5 Å². The normalized spacial score (nSPS) is 14.7. The third kappa shape index (κ3) is 5.82. The quantitative estimate of drug-likeness (QED) is 0.626. The molecule has 32 heavy (non-hydrogen) atoms. The molecule has 1 saturated heterocycles. The summed E-state index contributed by atoms with van der Waals surface area (Å²) in [6, 6.07) is 10.8. The van der Waals surface area contributed by atoms with Crippen molar-refractivity contribution < 1.29 is 23.6 Å². The Labute approximate surface area is 189 Å². The highest BCUT2D eigenvalue weighted by atomic mass is 32.2. The summed E-state index contributed by atoms with van der Waals surface area (Å²) in [5.41, 5.74) is 3.11. The van der Waals surface area contributed by atoms with Crippen molar-refractivity contribution in [2.24, 2.45) is 0 Å². The van der Waals surface area contributed by atoms with Crippen LogP contribution in [-0.2, 0) is 9.59 Å². The number of amides is 4. The lowest BCUT2D eigenvalue weighted by atomic mass is 10.1. The number of imide groups is 1. The molecule has 0 spiro atoms. The van der Waals surface area contributed by atoms with Crippen LogP contribution >= 0.6 is 11.8 Å². The number of rotatable bonds is 7. The van der Waals surface area contributed by atoms with Crippen molar-refractivity contribution in [3.8, 4) is 0 Å². The number of carbonyl (C=O) groups is 4. The van der Waals surface area contributed by atoms with Gasteiger partial charge in [0.25, 0.3) is 17.1 Å². The van der Waals surface area contributed by atoms with Gasteiger partial charge in [-0.1, -0.05) is 18.2 Å². The van der Waals surface area contributed by atoms with Crippen molar-refractivity contribution in [1.29, 1.82) is 0 Å². The number of hydrogen-bond donors (Lipinski definition) is 2. The second kappa shape index (κ2) is 10.2. The molecule has 2 aromatic rings. The van der Waals surface area contributed by atoms with Crippen LogP contribution in [0.4, 0.5) is 9.18 Å². The first-order chi connectivity index (χ1) is 15.2. The van der Waals surface area contributed by atoms with Gasteiger partial charge in [-0.2, -0.15) is 0 Å². The van der Waals surface area contributed by atoms with E-state index in [1.54, 1.807) is 12.1 Å². The van der Waals surface area contributed by atoms with Gasteiger partial charge in [0.15, 0.2) is 0 Å². The first-order valence-corrected chi connectivity index (χ1v) is 10.7. The standard InChI is InChI=1S/C23H22FN3O4S/c1-14-3-6-17(11-15(14)2)21(29)26-13-20(28)25-9-10-27-22(30)19(32-23(27)31)12-16-4-7-18(24)8-5-16/h3-8,11-12H,9-10,13H2,1-2H3,(H,25,28)(H,26,29)/b19-12+. The molecule has 7 nitrogen and oxygen atoms in total. The predicted molar refractivity (Wildman–Crippen MR) is 120 cm³/mol. The fraction of sp³-hybridized carbons (Fsp3) is 0.217. The van der Waals surface area contributed by atoms with Gasteiger partial charge in [0.05, 0.1) is 11.4 Å². The summed E-state index contributed by atoms with van der Waals surface area (Å²) in [6.07, 6.45) is 1.52. The van der Waals surface area contributed by atoms with E-state index in [1.807, 2.05) is 19.9 Å². The Hall–Kier alpha value is -3.46. The van der Waals surface area contributed by atoms with Gasteiger partial charge >= 0.3 is 0 Å². The van der Waals surface area contributed by atoms with Gasteiger partial charge in [0, 0.05) is 18.7 Å². The Balaban J connectivity index is 1.46. The molecule has 0 aliphatic carbocycles. The van der Waals surface area contributed by atoms with E-state index in [-0.39, 0.29) is 30.4 Å². The Morgan fingerprint density at radius 3 is 2.44 bits per heavy atom. The van der Waals surface area contributed by atoms with Crippen LogP contribution in [0.5, 0.6) is 0 Å². The zero-order valence-corrected chi connectivity index (χ0v) is 18.4. The molecule has 1 fully saturated rings. The number of nitrogens with one attached hydrogen (secondary N) is 2. The molecule has 0 radical (unpaired) electrons. The Kier molecular flexibility index (Phi) is 7.42. The molecular weight excluding hydrogens is 433 g/mol. The average Bonchev–Trinajstić information content (AvgIpc) is 3.02. The summed E-state index contributed by atoms with van der Waals surface area (Å²) in [6.45, 7) is 3.68. The molecular formula is C23H22FN3O4S. The first kappa shape index (κ1) is 23.2. The third-order valence-electron chi connectivity index (χ3n) is 4.88. The molecule has 9 heteroatoms. The highest BCUT2D eigenvalue weighted by molar-refractivity contribution is 8.18. The smallest absolute Gasteiger partial charge is 0.293 e. The van der Waals surface area contributed by atoms with Gasteiger partial charge in [-0.05, 0) is 72.6 Å². The Morgan fingerprint density at radius 1 is 1.03 bits per heavy atom. The van der Waals surface area contributed by atoms with E-state index in [9.17, 15) is 23.6 Å². The molecule has 0 atom stereocenters. The van der Waals surface area contributed by atoms with Crippen LogP contribution < -0.4 is 10.6 Å². The maximum Gasteiger partial charge on any atom is 0.293 e. The molecule has 0 aromatic heterocycles. The highest BCUT2D eigenvalue weighted by Gasteiger charge is 2.34. The number of carbonyl (C=O) groups excluding carboxylic acids is 4. The topological polar surface area (TPSA) is 95.6 Å². The maximum atomic E-state index is 13.0. The van der Waals surface area contributed by atoms with Gasteiger partial charge < -0.3 is 10.6 Å². The van der Waals surface area contributed by atoms with E-state index in [0.717, 1.165) is 27.8 Å². The van der Waals surface area contributed by atoms with Gasteiger partial charge in [-0.3, -0.25) is 24.1 Å². The molecule has 0 unspecified atom stereocenters. The predicted octanol–water partition coefficient (Wildman–Crippen LogP) is 3.03. The number of halogens is 1. The summed E-state index contributed by atoms with van der Waals surface area (Å²) in [4.78, 5) is 50.0. The summed E-state index contributed by atoms with van der Waals surface area (Å²) in [5.74, 6) is -1.66. The van der Waals surface area contributed by atoms with Gasteiger partial charge in [-0.15, -0.1) is 0 Å². The summed E-state index contributed by atoms with van der Waals surface area (Å²) in [7, 11) is 0. The van der Waals surface area contributed by atoms with Crippen LogP contribution in [0.3, 0.4) is 0 Å². The summed E-state index contributed by atoms with van der Waals surface area (Å²) in [5, 5.41) is 4.68. The average molecular weight is 456 g/mol. The van der Waals surface area contributed by atoms with E-state index in [1.165, 1.54) is 30.3 Å². The van der Waals surface area contributed by atoms with E-state index in [2.05, 4.69) is 10.6 Å². The number of nitrogens with zero attached hydrogens (tertiary/aromatic N) is 1. The van der Waals surface area contributed by atoms with Crippen LogP contribution in [0.2, 0.25) is 0 Å². The largest absolute Gasteiger partial charge is 0.353 e. The minimum absolute atomic E-state index is 0.00225. The number of benzene rings is 2. The first-order valence-electron chi connectivity index (χ1n) is 9.87. The molecule has 0 saturated carbocycles. The second-order valence-corrected chi connectivity index (χ2v) is 8.21. The summed E-state index contributed by atoms with van der Waals surface area (Å²) >= 11 is 0.789. The molecule has 1 aliphatic heterocycles. The van der Waals surface area contributed by atoms with Crippen molar-refractivity contribution in [2.75, 3.05) is 19.6 Å². The van der Waals surface area contributed by atoms with Crippen LogP contribution in [0.15, 0.2) is 47.4 Å². The van der Waals surface area contributed by atoms with Crippen molar-refractivity contribution in [3.05, 3.63) is 75.4 Å². The van der Waals surface area contributed by atoms with Crippen molar-refractivity contribution in [3.63, 3.8) is 0 Å².